The summed E-state index contributed by atoms with van der Waals surface area (Å²) in [5.74, 6) is 0.665. The summed E-state index contributed by atoms with van der Waals surface area (Å²) in [6.07, 6.45) is 1.07. The van der Waals surface area contributed by atoms with Crippen LogP contribution in [0.15, 0.2) is 40.9 Å². The van der Waals surface area contributed by atoms with Gasteiger partial charge in [0.05, 0.1) is 12.2 Å². The highest BCUT2D eigenvalue weighted by Gasteiger charge is 2.18. The van der Waals surface area contributed by atoms with Gasteiger partial charge in [-0.1, -0.05) is 49.3 Å². The van der Waals surface area contributed by atoms with Crippen LogP contribution in [-0.4, -0.2) is 53.6 Å². The van der Waals surface area contributed by atoms with E-state index >= 15 is 0 Å². The van der Waals surface area contributed by atoms with E-state index in [9.17, 15) is 4.79 Å². The molecule has 3 rings (SSSR count). The number of nitrogens with zero attached hydrogens (tertiary/aromatic N) is 3. The Morgan fingerprint density at radius 3 is 2.62 bits per heavy atom. The minimum Gasteiger partial charge on any atom is -0.338 e. The molecule has 1 amide bonds. The summed E-state index contributed by atoms with van der Waals surface area (Å²) in [4.78, 5) is 17.0. The average Bonchev–Trinajstić information content (AvgIpc) is 2.98. The summed E-state index contributed by atoms with van der Waals surface area (Å²) < 4.78 is 5.19. The standard InChI is InChI=1S/C20H28N4O2/c1-16(2)18-13-20(26-22-18)21-19(25)15-24-10-6-9-23(11-12-24)14-17-7-4-3-5-8-17/h3-5,7-8,13,16H,6,9-12,14-15H2,1-2H3,(H,21,25). The van der Waals surface area contributed by atoms with Crippen LogP contribution in [0.4, 0.5) is 5.88 Å². The minimum absolute atomic E-state index is 0.0482. The Hall–Kier alpha value is -2.18. The second-order valence-corrected chi connectivity index (χ2v) is 7.21. The van der Waals surface area contributed by atoms with E-state index in [-0.39, 0.29) is 11.8 Å². The number of carbonyl (C=O) groups is 1. The molecule has 6 nitrogen and oxygen atoms in total. The lowest BCUT2D eigenvalue weighted by molar-refractivity contribution is -0.117. The second-order valence-electron chi connectivity index (χ2n) is 7.21. The molecule has 140 valence electrons. The molecule has 1 fully saturated rings. The monoisotopic (exact) mass is 356 g/mol. The van der Waals surface area contributed by atoms with Crippen molar-refractivity contribution in [3.05, 3.63) is 47.7 Å². The number of nitrogens with one attached hydrogen (secondary N) is 1. The number of aromatic nitrogens is 1. The smallest absolute Gasteiger partial charge is 0.240 e. The number of carbonyl (C=O) groups excluding carboxylic acids is 1. The first kappa shape index (κ1) is 18.6. The summed E-state index contributed by atoms with van der Waals surface area (Å²) in [5.41, 5.74) is 2.19. The number of rotatable bonds is 6. The third-order valence-corrected chi connectivity index (χ3v) is 4.68. The number of hydrogen-bond donors (Lipinski definition) is 1. The predicted molar refractivity (Wildman–Crippen MR) is 102 cm³/mol. The van der Waals surface area contributed by atoms with E-state index in [0.717, 1.165) is 44.8 Å². The summed E-state index contributed by atoms with van der Waals surface area (Å²) in [6, 6.07) is 12.3. The van der Waals surface area contributed by atoms with E-state index in [4.69, 9.17) is 4.52 Å². The van der Waals surface area contributed by atoms with Crippen molar-refractivity contribution in [1.82, 2.24) is 15.0 Å². The highest BCUT2D eigenvalue weighted by atomic mass is 16.5. The Morgan fingerprint density at radius 2 is 1.88 bits per heavy atom. The van der Waals surface area contributed by atoms with Crippen LogP contribution in [0, 0.1) is 0 Å². The van der Waals surface area contributed by atoms with Crippen molar-refractivity contribution in [3.63, 3.8) is 0 Å². The SMILES string of the molecule is CC(C)c1cc(NC(=O)CN2CCCN(Cc3ccccc3)CC2)on1. The van der Waals surface area contributed by atoms with Gasteiger partial charge in [-0.3, -0.25) is 19.9 Å². The van der Waals surface area contributed by atoms with E-state index in [1.54, 1.807) is 6.07 Å². The summed E-state index contributed by atoms with van der Waals surface area (Å²) >= 11 is 0. The number of amides is 1. The van der Waals surface area contributed by atoms with Gasteiger partial charge in [-0.25, -0.2) is 0 Å². The summed E-state index contributed by atoms with van der Waals surface area (Å²) in [5, 5.41) is 6.78. The minimum atomic E-state index is -0.0482. The second kappa shape index (κ2) is 8.96. The largest absolute Gasteiger partial charge is 0.338 e. The Bertz CT molecular complexity index is 699. The van der Waals surface area contributed by atoms with Crippen LogP contribution in [0.25, 0.3) is 0 Å². The predicted octanol–water partition coefficient (Wildman–Crippen LogP) is 2.94. The zero-order valence-corrected chi connectivity index (χ0v) is 15.6. The molecule has 1 aliphatic heterocycles. The Labute approximate surface area is 155 Å². The molecule has 26 heavy (non-hydrogen) atoms. The van der Waals surface area contributed by atoms with E-state index in [0.29, 0.717) is 12.4 Å². The first-order valence-corrected chi connectivity index (χ1v) is 9.35. The summed E-state index contributed by atoms with van der Waals surface area (Å²) in [6.45, 7) is 9.31. The van der Waals surface area contributed by atoms with Crippen LogP contribution >= 0.6 is 0 Å². The molecule has 0 atom stereocenters. The van der Waals surface area contributed by atoms with Gasteiger partial charge in [-0.05, 0) is 31.0 Å². The van der Waals surface area contributed by atoms with Crippen molar-refractivity contribution in [1.29, 1.82) is 0 Å². The molecule has 1 N–H and O–H groups in total. The fraction of sp³-hybridized carbons (Fsp3) is 0.500. The molecule has 1 saturated heterocycles. The number of benzene rings is 1. The van der Waals surface area contributed by atoms with Crippen molar-refractivity contribution >= 4 is 11.8 Å². The molecular formula is C20H28N4O2. The first-order valence-electron chi connectivity index (χ1n) is 9.35. The van der Waals surface area contributed by atoms with Gasteiger partial charge in [0, 0.05) is 25.7 Å². The maximum absolute atomic E-state index is 12.3. The van der Waals surface area contributed by atoms with Crippen LogP contribution in [0.2, 0.25) is 0 Å². The molecule has 0 unspecified atom stereocenters. The van der Waals surface area contributed by atoms with Crippen molar-refractivity contribution < 1.29 is 9.32 Å². The maximum Gasteiger partial charge on any atom is 0.240 e. The highest BCUT2D eigenvalue weighted by molar-refractivity contribution is 5.90. The molecule has 2 aromatic rings. The molecule has 0 saturated carbocycles. The lowest BCUT2D eigenvalue weighted by Crippen LogP contribution is -2.36. The quantitative estimate of drug-likeness (QED) is 0.862. The fourth-order valence-electron chi connectivity index (χ4n) is 3.18. The van der Waals surface area contributed by atoms with Gasteiger partial charge in [-0.2, -0.15) is 0 Å². The Morgan fingerprint density at radius 1 is 1.15 bits per heavy atom. The topological polar surface area (TPSA) is 61.6 Å². The van der Waals surface area contributed by atoms with Gasteiger partial charge in [0.1, 0.15) is 0 Å². The van der Waals surface area contributed by atoms with Crippen LogP contribution in [0.5, 0.6) is 0 Å². The molecular weight excluding hydrogens is 328 g/mol. The normalized spacial score (nSPS) is 16.6. The molecule has 0 spiro atoms. The fourth-order valence-corrected chi connectivity index (χ4v) is 3.18. The van der Waals surface area contributed by atoms with E-state index in [1.165, 1.54) is 5.56 Å². The van der Waals surface area contributed by atoms with E-state index in [1.807, 2.05) is 19.9 Å². The zero-order chi connectivity index (χ0) is 18.4. The highest BCUT2D eigenvalue weighted by Crippen LogP contribution is 2.17. The molecule has 0 bridgehead atoms. The number of anilines is 1. The molecule has 1 aliphatic rings. The third-order valence-electron chi connectivity index (χ3n) is 4.68. The van der Waals surface area contributed by atoms with Crippen LogP contribution in [0.3, 0.4) is 0 Å². The van der Waals surface area contributed by atoms with Gasteiger partial charge in [0.2, 0.25) is 11.8 Å². The molecule has 2 heterocycles. The van der Waals surface area contributed by atoms with Crippen molar-refractivity contribution in [3.8, 4) is 0 Å². The molecule has 0 aliphatic carbocycles. The first-order chi connectivity index (χ1) is 12.6. The molecule has 1 aromatic carbocycles. The van der Waals surface area contributed by atoms with Gasteiger partial charge < -0.3 is 4.52 Å². The van der Waals surface area contributed by atoms with Crippen LogP contribution in [-0.2, 0) is 11.3 Å². The van der Waals surface area contributed by atoms with Gasteiger partial charge in [-0.15, -0.1) is 0 Å². The third kappa shape index (κ3) is 5.41. The molecule has 6 heteroatoms. The maximum atomic E-state index is 12.3. The average molecular weight is 356 g/mol. The van der Waals surface area contributed by atoms with Crippen LogP contribution in [0.1, 0.15) is 37.4 Å². The Balaban J connectivity index is 1.45. The van der Waals surface area contributed by atoms with Crippen LogP contribution < -0.4 is 5.32 Å². The van der Waals surface area contributed by atoms with Crippen molar-refractivity contribution in [2.75, 3.05) is 38.0 Å². The summed E-state index contributed by atoms with van der Waals surface area (Å²) in [7, 11) is 0. The molecule has 1 aromatic heterocycles. The number of hydrogen-bond acceptors (Lipinski definition) is 5. The van der Waals surface area contributed by atoms with E-state index < -0.39 is 0 Å². The van der Waals surface area contributed by atoms with Crippen molar-refractivity contribution in [2.24, 2.45) is 0 Å². The molecule has 0 radical (unpaired) electrons. The lowest BCUT2D eigenvalue weighted by Gasteiger charge is -2.21. The van der Waals surface area contributed by atoms with E-state index in [2.05, 4.69) is 44.5 Å². The zero-order valence-electron chi connectivity index (χ0n) is 15.6. The van der Waals surface area contributed by atoms with Gasteiger partial charge in [0.25, 0.3) is 0 Å². The van der Waals surface area contributed by atoms with Gasteiger partial charge in [0.15, 0.2) is 0 Å². The van der Waals surface area contributed by atoms with Crippen molar-refractivity contribution in [2.45, 2.75) is 32.7 Å². The Kier molecular flexibility index (Phi) is 6.41. The van der Waals surface area contributed by atoms with Gasteiger partial charge >= 0.3 is 0 Å². The lowest BCUT2D eigenvalue weighted by atomic mass is 10.1.